The molecule has 4 N–H and O–H groups in total. The Morgan fingerprint density at radius 1 is 1.24 bits per heavy atom. The molecule has 0 saturated carbocycles. The number of ether oxygens (including phenoxy) is 1. The molecule has 2 aromatic carbocycles. The van der Waals surface area contributed by atoms with Gasteiger partial charge in [-0.1, -0.05) is 38.1 Å². The number of nitrogens with zero attached hydrogens (tertiary/aromatic N) is 1. The molecule has 1 saturated heterocycles. The highest BCUT2D eigenvalue weighted by molar-refractivity contribution is 7.92. The Morgan fingerprint density at radius 3 is 2.50 bits per heavy atom. The van der Waals surface area contributed by atoms with Crippen LogP contribution in [0.5, 0.6) is 5.75 Å². The van der Waals surface area contributed by atoms with Gasteiger partial charge >= 0.3 is 16.2 Å². The van der Waals surface area contributed by atoms with Gasteiger partial charge in [-0.25, -0.2) is 22.2 Å². The monoisotopic (exact) mass is 510 g/mol. The predicted octanol–water partition coefficient (Wildman–Crippen LogP) is 0.719. The molecule has 1 aliphatic rings. The van der Waals surface area contributed by atoms with E-state index in [-0.39, 0.29) is 23.8 Å². The number of amides is 1. The number of hydrogen-bond acceptors (Lipinski definition) is 8. The lowest BCUT2D eigenvalue weighted by atomic mass is 10.0. The first kappa shape index (κ1) is 25.5. The van der Waals surface area contributed by atoms with E-state index < -0.39 is 44.7 Å². The minimum Gasteiger partial charge on any atom is -0.423 e. The number of esters is 1. The Hall–Kier alpha value is -3.16. The largest absolute Gasteiger partial charge is 0.423 e. The van der Waals surface area contributed by atoms with Crippen molar-refractivity contribution in [1.29, 1.82) is 0 Å². The maximum absolute atomic E-state index is 12.6. The third kappa shape index (κ3) is 6.04. The zero-order valence-electron chi connectivity index (χ0n) is 18.8. The standard InChI is InChI=1S/C21H26N4O7S2/c1-13(2)20(22)21(27)32-18-11-14(8-9-17(18)25-12-19(26)24-34(25,30)31)10-15-6-4-5-7-16(15)23-33(3,28)29/h4-9,11,13,20,23H,10,12,22H2,1-3H3,(H,24,26). The van der Waals surface area contributed by atoms with E-state index in [2.05, 4.69) is 4.72 Å². The Kier molecular flexibility index (Phi) is 7.19. The van der Waals surface area contributed by atoms with Gasteiger partial charge in [-0.3, -0.25) is 9.52 Å². The Bertz CT molecular complexity index is 1320. The van der Waals surface area contributed by atoms with Crippen LogP contribution in [0.25, 0.3) is 0 Å². The highest BCUT2D eigenvalue weighted by atomic mass is 32.2. The maximum Gasteiger partial charge on any atom is 0.328 e. The molecular weight excluding hydrogens is 484 g/mol. The van der Waals surface area contributed by atoms with Crippen LogP contribution in [0.3, 0.4) is 0 Å². The predicted molar refractivity (Wildman–Crippen MR) is 127 cm³/mol. The van der Waals surface area contributed by atoms with Crippen LogP contribution >= 0.6 is 0 Å². The van der Waals surface area contributed by atoms with E-state index in [0.29, 0.717) is 16.8 Å². The van der Waals surface area contributed by atoms with Crippen LogP contribution in [-0.2, 0) is 36.2 Å². The Labute approximate surface area is 198 Å². The average Bonchev–Trinajstić information content (AvgIpc) is 2.99. The number of rotatable bonds is 8. The van der Waals surface area contributed by atoms with Crippen molar-refractivity contribution in [3.8, 4) is 5.75 Å². The lowest BCUT2D eigenvalue weighted by molar-refractivity contribution is -0.136. The first-order valence-corrected chi connectivity index (χ1v) is 13.6. The molecule has 0 aromatic heterocycles. The van der Waals surface area contributed by atoms with Gasteiger partial charge in [0.1, 0.15) is 12.6 Å². The van der Waals surface area contributed by atoms with E-state index in [1.807, 2.05) is 4.72 Å². The van der Waals surface area contributed by atoms with Gasteiger partial charge in [-0.05, 0) is 41.7 Å². The summed E-state index contributed by atoms with van der Waals surface area (Å²) in [6.07, 6.45) is 1.28. The topological polar surface area (TPSA) is 165 Å². The van der Waals surface area contributed by atoms with Crippen molar-refractivity contribution in [2.75, 3.05) is 21.8 Å². The number of para-hydroxylation sites is 1. The zero-order chi connectivity index (χ0) is 25.3. The van der Waals surface area contributed by atoms with Crippen LogP contribution in [0.4, 0.5) is 11.4 Å². The van der Waals surface area contributed by atoms with Gasteiger partial charge in [0, 0.05) is 0 Å². The van der Waals surface area contributed by atoms with E-state index in [1.165, 1.54) is 12.1 Å². The first-order chi connectivity index (χ1) is 15.8. The summed E-state index contributed by atoms with van der Waals surface area (Å²) in [5, 5.41) is 0. The smallest absolute Gasteiger partial charge is 0.328 e. The Morgan fingerprint density at radius 2 is 1.91 bits per heavy atom. The molecule has 1 aliphatic heterocycles. The minimum atomic E-state index is -4.15. The van der Waals surface area contributed by atoms with E-state index in [0.717, 1.165) is 10.6 Å². The van der Waals surface area contributed by atoms with Crippen molar-refractivity contribution >= 4 is 43.5 Å². The van der Waals surface area contributed by atoms with E-state index in [1.54, 1.807) is 44.2 Å². The van der Waals surface area contributed by atoms with Gasteiger partial charge in [0.25, 0.3) is 5.91 Å². The van der Waals surface area contributed by atoms with Crippen LogP contribution in [0.1, 0.15) is 25.0 Å². The second kappa shape index (κ2) is 9.60. The summed E-state index contributed by atoms with van der Waals surface area (Å²) in [4.78, 5) is 24.3. The lowest BCUT2D eigenvalue weighted by Gasteiger charge is -2.21. The van der Waals surface area contributed by atoms with Crippen molar-refractivity contribution in [1.82, 2.24) is 4.72 Å². The van der Waals surface area contributed by atoms with Gasteiger partial charge in [0.2, 0.25) is 10.0 Å². The summed E-state index contributed by atoms with van der Waals surface area (Å²) in [6.45, 7) is 3.01. The molecule has 3 rings (SSSR count). The fourth-order valence-corrected chi connectivity index (χ4v) is 5.02. The van der Waals surface area contributed by atoms with Gasteiger partial charge in [-0.2, -0.15) is 8.42 Å². The summed E-state index contributed by atoms with van der Waals surface area (Å²) >= 11 is 0. The number of hydrogen-bond donors (Lipinski definition) is 3. The number of nitrogens with one attached hydrogen (secondary N) is 2. The van der Waals surface area contributed by atoms with Crippen molar-refractivity contribution in [3.63, 3.8) is 0 Å². The van der Waals surface area contributed by atoms with Crippen molar-refractivity contribution in [2.45, 2.75) is 26.3 Å². The second-order valence-corrected chi connectivity index (χ2v) is 11.6. The number of carbonyl (C=O) groups is 2. The number of benzene rings is 2. The summed E-state index contributed by atoms with van der Waals surface area (Å²) in [7, 11) is -7.66. The molecular formula is C21H26N4O7S2. The molecule has 2 aromatic rings. The average molecular weight is 511 g/mol. The van der Waals surface area contributed by atoms with E-state index in [9.17, 15) is 26.4 Å². The van der Waals surface area contributed by atoms with E-state index in [4.69, 9.17) is 10.5 Å². The molecule has 0 spiro atoms. The molecule has 184 valence electrons. The number of sulfonamides is 1. The third-order valence-corrected chi connectivity index (χ3v) is 7.00. The van der Waals surface area contributed by atoms with Gasteiger partial charge in [0.15, 0.2) is 5.75 Å². The van der Waals surface area contributed by atoms with Crippen molar-refractivity contribution in [2.24, 2.45) is 11.7 Å². The molecule has 11 nitrogen and oxygen atoms in total. The summed E-state index contributed by atoms with van der Waals surface area (Å²) in [5.41, 5.74) is 7.51. The minimum absolute atomic E-state index is 0.00560. The maximum atomic E-state index is 12.6. The van der Waals surface area contributed by atoms with Crippen LogP contribution in [-0.4, -0.2) is 47.6 Å². The fourth-order valence-electron chi connectivity index (χ4n) is 3.26. The summed E-state index contributed by atoms with van der Waals surface area (Å²) in [6, 6.07) is 10.3. The molecule has 0 bridgehead atoms. The molecule has 1 fully saturated rings. The quantitative estimate of drug-likeness (QED) is 0.345. The second-order valence-electron chi connectivity index (χ2n) is 8.24. The normalized spacial score (nSPS) is 16.3. The molecule has 0 radical (unpaired) electrons. The number of anilines is 2. The van der Waals surface area contributed by atoms with Crippen LogP contribution in [0.2, 0.25) is 0 Å². The number of nitrogens with two attached hydrogens (primary N) is 1. The van der Waals surface area contributed by atoms with Gasteiger partial charge in [-0.15, -0.1) is 0 Å². The Balaban J connectivity index is 2.02. The van der Waals surface area contributed by atoms with Crippen molar-refractivity contribution in [3.05, 3.63) is 53.6 Å². The molecule has 1 heterocycles. The van der Waals surface area contributed by atoms with Crippen LogP contribution in [0, 0.1) is 5.92 Å². The highest BCUT2D eigenvalue weighted by Gasteiger charge is 2.36. The van der Waals surface area contributed by atoms with Crippen LogP contribution in [0.15, 0.2) is 42.5 Å². The fraction of sp³-hybridized carbons (Fsp3) is 0.333. The summed E-state index contributed by atoms with van der Waals surface area (Å²) < 4.78 is 58.8. The zero-order valence-corrected chi connectivity index (χ0v) is 20.4. The molecule has 34 heavy (non-hydrogen) atoms. The summed E-state index contributed by atoms with van der Waals surface area (Å²) in [5.74, 6) is -1.80. The molecule has 1 atom stereocenters. The third-order valence-electron chi connectivity index (χ3n) is 5.02. The van der Waals surface area contributed by atoms with E-state index >= 15 is 0 Å². The van der Waals surface area contributed by atoms with Crippen molar-refractivity contribution < 1.29 is 31.2 Å². The van der Waals surface area contributed by atoms with Gasteiger partial charge in [0.05, 0.1) is 17.6 Å². The highest BCUT2D eigenvalue weighted by Crippen LogP contribution is 2.34. The SMILES string of the molecule is CC(C)C(N)C(=O)Oc1cc(Cc2ccccc2NS(C)(=O)=O)ccc1N1CC(=O)NS1(=O)=O. The lowest BCUT2D eigenvalue weighted by Crippen LogP contribution is -2.39. The molecule has 13 heteroatoms. The number of carbonyl (C=O) groups excluding carboxylic acids is 2. The van der Waals surface area contributed by atoms with Gasteiger partial charge < -0.3 is 10.5 Å². The molecule has 0 aliphatic carbocycles. The van der Waals surface area contributed by atoms with Crippen LogP contribution < -0.4 is 24.2 Å². The first-order valence-electron chi connectivity index (χ1n) is 10.3. The molecule has 1 amide bonds. The molecule has 1 unspecified atom stereocenters.